The molecule has 1 aliphatic heterocycles. The summed E-state index contributed by atoms with van der Waals surface area (Å²) in [5, 5.41) is 6.31. The quantitative estimate of drug-likeness (QED) is 0.588. The molecule has 4 nitrogen and oxygen atoms in total. The third kappa shape index (κ3) is 1.22. The van der Waals surface area contributed by atoms with E-state index in [1.807, 2.05) is 13.0 Å². The summed E-state index contributed by atoms with van der Waals surface area (Å²) in [4.78, 5) is 8.38. The molecular formula is C7H10N4. The van der Waals surface area contributed by atoms with Gasteiger partial charge in [0.25, 0.3) is 0 Å². The van der Waals surface area contributed by atoms with Crippen molar-refractivity contribution >= 4 is 0 Å². The van der Waals surface area contributed by atoms with Gasteiger partial charge in [-0.05, 0) is 13.0 Å². The van der Waals surface area contributed by atoms with Crippen LogP contribution in [0.5, 0.6) is 0 Å². The lowest BCUT2D eigenvalue weighted by Gasteiger charge is -2.27. The van der Waals surface area contributed by atoms with Crippen LogP contribution in [0, 0.1) is 6.92 Å². The summed E-state index contributed by atoms with van der Waals surface area (Å²) < 4.78 is 0. The van der Waals surface area contributed by atoms with Crippen LogP contribution in [-0.4, -0.2) is 16.6 Å². The van der Waals surface area contributed by atoms with Gasteiger partial charge in [0, 0.05) is 18.6 Å². The van der Waals surface area contributed by atoms with Gasteiger partial charge >= 0.3 is 0 Å². The number of hydrogen-bond donors (Lipinski definition) is 2. The van der Waals surface area contributed by atoms with Crippen molar-refractivity contribution in [3.8, 4) is 0 Å². The fourth-order valence-corrected chi connectivity index (χ4v) is 0.994. The van der Waals surface area contributed by atoms with Crippen molar-refractivity contribution in [1.29, 1.82) is 0 Å². The fourth-order valence-electron chi connectivity index (χ4n) is 0.994. The van der Waals surface area contributed by atoms with Gasteiger partial charge in [-0.25, -0.2) is 9.97 Å². The van der Waals surface area contributed by atoms with Crippen molar-refractivity contribution in [2.75, 3.05) is 6.67 Å². The lowest BCUT2D eigenvalue weighted by atomic mass is 10.3. The summed E-state index contributed by atoms with van der Waals surface area (Å²) in [6, 6.07) is 1.89. The van der Waals surface area contributed by atoms with Crippen molar-refractivity contribution in [2.24, 2.45) is 0 Å². The van der Waals surface area contributed by atoms with Gasteiger partial charge in [-0.2, -0.15) is 0 Å². The van der Waals surface area contributed by atoms with E-state index in [2.05, 4.69) is 20.6 Å². The second-order valence-corrected chi connectivity index (χ2v) is 2.57. The van der Waals surface area contributed by atoms with Crippen LogP contribution in [0.25, 0.3) is 0 Å². The predicted octanol–water partition coefficient (Wildman–Crippen LogP) is -0.0661. The molecule has 4 heteroatoms. The largest absolute Gasteiger partial charge is 0.283 e. The average molecular weight is 150 g/mol. The summed E-state index contributed by atoms with van der Waals surface area (Å²) >= 11 is 0. The van der Waals surface area contributed by atoms with Crippen LogP contribution in [-0.2, 0) is 0 Å². The van der Waals surface area contributed by atoms with E-state index < -0.39 is 0 Å². The van der Waals surface area contributed by atoms with Gasteiger partial charge in [-0.1, -0.05) is 0 Å². The van der Waals surface area contributed by atoms with Crippen LogP contribution >= 0.6 is 0 Å². The van der Waals surface area contributed by atoms with Crippen LogP contribution in [0.2, 0.25) is 0 Å². The Balaban J connectivity index is 2.23. The maximum Gasteiger partial charge on any atom is 0.160 e. The van der Waals surface area contributed by atoms with E-state index in [1.165, 1.54) is 0 Å². The van der Waals surface area contributed by atoms with E-state index in [4.69, 9.17) is 0 Å². The number of nitrogens with one attached hydrogen (secondary N) is 2. The molecule has 1 aromatic heterocycles. The number of aryl methyl sites for hydroxylation is 1. The first-order valence-corrected chi connectivity index (χ1v) is 3.62. The van der Waals surface area contributed by atoms with Crippen molar-refractivity contribution in [1.82, 2.24) is 20.6 Å². The molecule has 0 unspecified atom stereocenters. The molecule has 0 amide bonds. The van der Waals surface area contributed by atoms with E-state index in [1.54, 1.807) is 6.20 Å². The average Bonchev–Trinajstić information content (AvgIpc) is 1.83. The number of rotatable bonds is 1. The molecule has 0 spiro atoms. The summed E-state index contributed by atoms with van der Waals surface area (Å²) in [7, 11) is 0. The normalized spacial score (nSPS) is 17.9. The zero-order chi connectivity index (χ0) is 7.68. The molecule has 1 fully saturated rings. The molecule has 0 bridgehead atoms. The van der Waals surface area contributed by atoms with Gasteiger partial charge in [0.1, 0.15) is 6.17 Å². The smallest absolute Gasteiger partial charge is 0.160 e. The molecule has 0 aliphatic carbocycles. The minimum atomic E-state index is 0.162. The molecule has 0 saturated carbocycles. The van der Waals surface area contributed by atoms with Gasteiger partial charge in [0.15, 0.2) is 5.82 Å². The highest BCUT2D eigenvalue weighted by atomic mass is 15.3. The Labute approximate surface area is 65.1 Å². The Morgan fingerprint density at radius 3 is 2.91 bits per heavy atom. The van der Waals surface area contributed by atoms with Gasteiger partial charge in [0.2, 0.25) is 0 Å². The van der Waals surface area contributed by atoms with E-state index in [0.29, 0.717) is 0 Å². The summed E-state index contributed by atoms with van der Waals surface area (Å²) in [5.41, 5.74) is 1.01. The molecule has 2 rings (SSSR count). The topological polar surface area (TPSA) is 49.8 Å². The van der Waals surface area contributed by atoms with Crippen LogP contribution in [0.15, 0.2) is 12.3 Å². The van der Waals surface area contributed by atoms with Crippen LogP contribution in [0.3, 0.4) is 0 Å². The Bertz CT molecular complexity index is 256. The minimum Gasteiger partial charge on any atom is -0.283 e. The third-order valence-electron chi connectivity index (χ3n) is 1.68. The predicted molar refractivity (Wildman–Crippen MR) is 40.6 cm³/mol. The van der Waals surface area contributed by atoms with E-state index >= 15 is 0 Å². The molecule has 0 atom stereocenters. The summed E-state index contributed by atoms with van der Waals surface area (Å²) in [6.45, 7) is 2.81. The third-order valence-corrected chi connectivity index (χ3v) is 1.68. The molecule has 11 heavy (non-hydrogen) atoms. The molecule has 2 N–H and O–H groups in total. The van der Waals surface area contributed by atoms with Crippen LogP contribution < -0.4 is 10.6 Å². The minimum absolute atomic E-state index is 0.162. The Kier molecular flexibility index (Phi) is 1.56. The van der Waals surface area contributed by atoms with Crippen molar-refractivity contribution in [2.45, 2.75) is 13.1 Å². The Hall–Kier alpha value is -1.00. The van der Waals surface area contributed by atoms with E-state index in [-0.39, 0.29) is 6.17 Å². The Morgan fingerprint density at radius 2 is 2.36 bits per heavy atom. The molecular weight excluding hydrogens is 140 g/mol. The Morgan fingerprint density at radius 1 is 1.55 bits per heavy atom. The zero-order valence-electron chi connectivity index (χ0n) is 6.33. The lowest BCUT2D eigenvalue weighted by molar-refractivity contribution is 0.294. The maximum absolute atomic E-state index is 4.26. The highest BCUT2D eigenvalue weighted by Crippen LogP contribution is 2.07. The SMILES string of the molecule is Cc1ccnc(C2NCN2)n1. The first-order valence-electron chi connectivity index (χ1n) is 3.62. The highest BCUT2D eigenvalue weighted by Gasteiger charge is 2.19. The van der Waals surface area contributed by atoms with E-state index in [9.17, 15) is 0 Å². The monoisotopic (exact) mass is 150 g/mol. The molecule has 1 aliphatic rings. The molecule has 0 aromatic carbocycles. The molecule has 1 saturated heterocycles. The zero-order valence-corrected chi connectivity index (χ0v) is 6.33. The van der Waals surface area contributed by atoms with Crippen molar-refractivity contribution < 1.29 is 0 Å². The van der Waals surface area contributed by atoms with Crippen molar-refractivity contribution in [3.63, 3.8) is 0 Å². The summed E-state index contributed by atoms with van der Waals surface area (Å²) in [5.74, 6) is 0.830. The summed E-state index contributed by atoms with van der Waals surface area (Å²) in [6.07, 6.45) is 1.94. The molecule has 58 valence electrons. The lowest BCUT2D eigenvalue weighted by Crippen LogP contribution is -2.52. The van der Waals surface area contributed by atoms with E-state index in [0.717, 1.165) is 18.2 Å². The van der Waals surface area contributed by atoms with Gasteiger partial charge in [-0.15, -0.1) is 0 Å². The number of nitrogens with zero attached hydrogens (tertiary/aromatic N) is 2. The fraction of sp³-hybridized carbons (Fsp3) is 0.429. The van der Waals surface area contributed by atoms with Gasteiger partial charge in [-0.3, -0.25) is 10.6 Å². The van der Waals surface area contributed by atoms with Gasteiger partial charge < -0.3 is 0 Å². The maximum atomic E-state index is 4.26. The molecule has 1 aromatic rings. The molecule has 0 radical (unpaired) electrons. The number of hydrogen-bond acceptors (Lipinski definition) is 4. The highest BCUT2D eigenvalue weighted by molar-refractivity contribution is 5.04. The second kappa shape index (κ2) is 2.56. The number of aromatic nitrogens is 2. The first-order chi connectivity index (χ1) is 5.36. The van der Waals surface area contributed by atoms with Crippen LogP contribution in [0.1, 0.15) is 17.7 Å². The molecule has 2 heterocycles. The second-order valence-electron chi connectivity index (χ2n) is 2.57. The van der Waals surface area contributed by atoms with Crippen molar-refractivity contribution in [3.05, 3.63) is 23.8 Å². The van der Waals surface area contributed by atoms with Gasteiger partial charge in [0.05, 0.1) is 0 Å². The first kappa shape index (κ1) is 6.69. The standard InChI is InChI=1S/C7H10N4/c1-5-2-3-8-7(11-5)6-9-4-10-6/h2-3,6,9-10H,4H2,1H3. The van der Waals surface area contributed by atoms with Crippen LogP contribution in [0.4, 0.5) is 0 Å².